The fourth-order valence-corrected chi connectivity index (χ4v) is 4.52. The summed E-state index contributed by atoms with van der Waals surface area (Å²) in [5.74, 6) is 2.58. The summed E-state index contributed by atoms with van der Waals surface area (Å²) < 4.78 is 5.75. The van der Waals surface area contributed by atoms with Gasteiger partial charge < -0.3 is 4.74 Å². The molecule has 2 heteroatoms. The molecule has 1 aliphatic carbocycles. The molecule has 0 bridgehead atoms. The third-order valence-corrected chi connectivity index (χ3v) is 5.13. The molecule has 0 saturated heterocycles. The van der Waals surface area contributed by atoms with Crippen molar-refractivity contribution in [3.8, 4) is 23.5 Å². The van der Waals surface area contributed by atoms with Gasteiger partial charge in [-0.3, -0.25) is 4.79 Å². The highest BCUT2D eigenvalue weighted by atomic mass is 16.6. The second kappa shape index (κ2) is 6.82. The zero-order valence-corrected chi connectivity index (χ0v) is 17.8. The lowest BCUT2D eigenvalue weighted by Crippen LogP contribution is -2.36. The third-order valence-electron chi connectivity index (χ3n) is 5.13. The Morgan fingerprint density at radius 3 is 2.25 bits per heavy atom. The van der Waals surface area contributed by atoms with Crippen LogP contribution in [0.2, 0.25) is 0 Å². The highest BCUT2D eigenvalue weighted by Crippen LogP contribution is 2.55. The Morgan fingerprint density at radius 2 is 1.64 bits per heavy atom. The van der Waals surface area contributed by atoms with Crippen molar-refractivity contribution in [3.63, 3.8) is 0 Å². The van der Waals surface area contributed by atoms with Gasteiger partial charge in [-0.25, -0.2) is 0 Å². The van der Waals surface area contributed by atoms with Gasteiger partial charge in [0.05, 0.1) is 6.42 Å². The average molecular weight is 375 g/mol. The maximum atomic E-state index is 13.0. The fourth-order valence-electron chi connectivity index (χ4n) is 4.52. The van der Waals surface area contributed by atoms with Crippen LogP contribution < -0.4 is 0 Å². The highest BCUT2D eigenvalue weighted by Gasteiger charge is 2.47. The maximum absolute atomic E-state index is 13.0. The first-order chi connectivity index (χ1) is 13.0. The molecular weight excluding hydrogens is 344 g/mol. The lowest BCUT2D eigenvalue weighted by Gasteiger charge is -2.38. The van der Waals surface area contributed by atoms with Crippen LogP contribution in [-0.4, -0.2) is 11.6 Å². The Balaban J connectivity index is 2.23. The Labute approximate surface area is 169 Å². The molecule has 146 valence electrons. The minimum absolute atomic E-state index is 0.0167. The van der Waals surface area contributed by atoms with E-state index in [0.29, 0.717) is 6.42 Å². The number of ether oxygens (including phenoxy) is 1. The van der Waals surface area contributed by atoms with E-state index in [4.69, 9.17) is 11.2 Å². The first kappa shape index (κ1) is 20.2. The van der Waals surface area contributed by atoms with Gasteiger partial charge in [0.25, 0.3) is 0 Å². The van der Waals surface area contributed by atoms with E-state index in [0.717, 1.165) is 17.5 Å². The van der Waals surface area contributed by atoms with E-state index in [1.807, 2.05) is 26.8 Å². The van der Waals surface area contributed by atoms with E-state index in [1.54, 1.807) is 0 Å². The minimum atomic E-state index is -0.512. The number of hydrogen-bond acceptors (Lipinski definition) is 2. The molecule has 1 atom stereocenters. The van der Waals surface area contributed by atoms with Gasteiger partial charge in [0.1, 0.15) is 5.60 Å². The average Bonchev–Trinajstić information content (AvgIpc) is 2.81. The quantitative estimate of drug-likeness (QED) is 0.479. The molecule has 0 amide bonds. The van der Waals surface area contributed by atoms with Crippen LogP contribution in [0.25, 0.3) is 11.1 Å². The Morgan fingerprint density at radius 1 is 1.00 bits per heavy atom. The molecule has 2 aromatic carbocycles. The second-order valence-electron chi connectivity index (χ2n) is 10.0. The summed E-state index contributed by atoms with van der Waals surface area (Å²) in [5.41, 5.74) is 4.60. The SMILES string of the molecule is C#Cc1ccc2c(c1)C(CC(=O)OC(C)(C)C)(CC(C)(C)C)c1ccccc1-2. The van der Waals surface area contributed by atoms with E-state index >= 15 is 0 Å². The number of benzene rings is 2. The van der Waals surface area contributed by atoms with Crippen molar-refractivity contribution < 1.29 is 9.53 Å². The molecule has 1 aliphatic rings. The molecule has 0 heterocycles. The lowest BCUT2D eigenvalue weighted by atomic mass is 9.66. The normalized spacial score (nSPS) is 18.2. The number of hydrogen-bond donors (Lipinski definition) is 0. The monoisotopic (exact) mass is 374 g/mol. The summed E-state index contributed by atoms with van der Waals surface area (Å²) >= 11 is 0. The molecule has 0 aliphatic heterocycles. The van der Waals surface area contributed by atoms with Gasteiger partial charge in [-0.15, -0.1) is 6.42 Å². The van der Waals surface area contributed by atoms with E-state index in [9.17, 15) is 4.79 Å². The van der Waals surface area contributed by atoms with Crippen molar-refractivity contribution in [2.24, 2.45) is 5.41 Å². The molecule has 2 aromatic rings. The van der Waals surface area contributed by atoms with Gasteiger partial charge in [0.15, 0.2) is 0 Å². The summed E-state index contributed by atoms with van der Waals surface area (Å²) in [4.78, 5) is 13.0. The zero-order chi connectivity index (χ0) is 20.7. The molecule has 0 radical (unpaired) electrons. The summed E-state index contributed by atoms with van der Waals surface area (Å²) in [6, 6.07) is 14.6. The van der Waals surface area contributed by atoms with Gasteiger partial charge in [-0.2, -0.15) is 0 Å². The summed E-state index contributed by atoms with van der Waals surface area (Å²) in [6.07, 6.45) is 6.84. The molecule has 0 N–H and O–H groups in total. The number of fused-ring (bicyclic) bond motifs is 3. The second-order valence-corrected chi connectivity index (χ2v) is 10.0. The Kier molecular flexibility index (Phi) is 4.92. The molecule has 3 rings (SSSR count). The summed E-state index contributed by atoms with van der Waals surface area (Å²) in [6.45, 7) is 12.4. The molecule has 1 unspecified atom stereocenters. The fraction of sp³-hybridized carbons (Fsp3) is 0.423. The van der Waals surface area contributed by atoms with Gasteiger partial charge in [0, 0.05) is 11.0 Å². The van der Waals surface area contributed by atoms with Crippen LogP contribution in [0.4, 0.5) is 0 Å². The number of carbonyl (C=O) groups excluding carboxylic acids is 1. The molecule has 0 aromatic heterocycles. The van der Waals surface area contributed by atoms with E-state index in [-0.39, 0.29) is 11.4 Å². The van der Waals surface area contributed by atoms with Gasteiger partial charge in [0.2, 0.25) is 0 Å². The predicted octanol–water partition coefficient (Wildman–Crippen LogP) is 6.10. The van der Waals surface area contributed by atoms with Crippen molar-refractivity contribution in [2.75, 3.05) is 0 Å². The Bertz CT molecular complexity index is 948. The third kappa shape index (κ3) is 3.85. The van der Waals surface area contributed by atoms with Crippen molar-refractivity contribution >= 4 is 5.97 Å². The van der Waals surface area contributed by atoms with Crippen LogP contribution in [0.1, 0.15) is 71.1 Å². The van der Waals surface area contributed by atoms with Crippen LogP contribution in [0.3, 0.4) is 0 Å². The first-order valence-electron chi connectivity index (χ1n) is 9.88. The van der Waals surface area contributed by atoms with Crippen molar-refractivity contribution in [1.82, 2.24) is 0 Å². The number of rotatable bonds is 3. The van der Waals surface area contributed by atoms with E-state index in [1.165, 1.54) is 16.7 Å². The van der Waals surface area contributed by atoms with Gasteiger partial charge >= 0.3 is 5.97 Å². The topological polar surface area (TPSA) is 26.3 Å². The molecular formula is C26H30O2. The standard InChI is InChI=1S/C26H30O2/c1-8-18-13-14-20-19-11-9-10-12-21(19)26(22(20)15-18,17-24(2,3)4)16-23(27)28-25(5,6)7/h1,9-15H,16-17H2,2-7H3. The Hall–Kier alpha value is -2.53. The molecule has 0 spiro atoms. The predicted molar refractivity (Wildman–Crippen MR) is 115 cm³/mol. The first-order valence-corrected chi connectivity index (χ1v) is 9.88. The number of terminal acetylenes is 1. The lowest BCUT2D eigenvalue weighted by molar-refractivity contribution is -0.156. The van der Waals surface area contributed by atoms with Crippen LogP contribution >= 0.6 is 0 Å². The van der Waals surface area contributed by atoms with Crippen molar-refractivity contribution in [3.05, 3.63) is 59.2 Å². The zero-order valence-electron chi connectivity index (χ0n) is 17.8. The van der Waals surface area contributed by atoms with E-state index < -0.39 is 11.0 Å². The number of carbonyl (C=O) groups is 1. The largest absolute Gasteiger partial charge is 0.460 e. The van der Waals surface area contributed by atoms with Crippen molar-refractivity contribution in [2.45, 2.75) is 65.4 Å². The smallest absolute Gasteiger partial charge is 0.307 e. The minimum Gasteiger partial charge on any atom is -0.460 e. The van der Waals surface area contributed by atoms with Crippen LogP contribution in [0.15, 0.2) is 42.5 Å². The van der Waals surface area contributed by atoms with Crippen LogP contribution in [0, 0.1) is 17.8 Å². The molecule has 28 heavy (non-hydrogen) atoms. The van der Waals surface area contributed by atoms with E-state index in [2.05, 4.69) is 63.1 Å². The molecule has 2 nitrogen and oxygen atoms in total. The summed E-state index contributed by atoms with van der Waals surface area (Å²) in [7, 11) is 0. The van der Waals surface area contributed by atoms with Crippen LogP contribution in [0.5, 0.6) is 0 Å². The van der Waals surface area contributed by atoms with Crippen LogP contribution in [-0.2, 0) is 14.9 Å². The van der Waals surface area contributed by atoms with Gasteiger partial charge in [-0.05, 0) is 67.0 Å². The number of esters is 1. The maximum Gasteiger partial charge on any atom is 0.307 e. The summed E-state index contributed by atoms with van der Waals surface area (Å²) in [5, 5.41) is 0. The van der Waals surface area contributed by atoms with Gasteiger partial charge in [-0.1, -0.05) is 57.0 Å². The molecule has 0 saturated carbocycles. The highest BCUT2D eigenvalue weighted by molar-refractivity contribution is 5.85. The van der Waals surface area contributed by atoms with Crippen molar-refractivity contribution in [1.29, 1.82) is 0 Å². The molecule has 0 fully saturated rings.